The third kappa shape index (κ3) is 3.40. The number of ether oxygens (including phenoxy) is 2. The minimum absolute atomic E-state index is 0.0746. The number of hydrogen-bond acceptors (Lipinski definition) is 4. The first-order valence-electron chi connectivity index (χ1n) is 7.40. The van der Waals surface area contributed by atoms with Crippen LogP contribution in [0.3, 0.4) is 0 Å². The van der Waals surface area contributed by atoms with Crippen molar-refractivity contribution in [3.63, 3.8) is 0 Å². The zero-order chi connectivity index (χ0) is 16.5. The van der Waals surface area contributed by atoms with Crippen molar-refractivity contribution in [2.75, 3.05) is 14.2 Å². The molecule has 1 amide bonds. The van der Waals surface area contributed by atoms with E-state index in [0.29, 0.717) is 5.56 Å². The van der Waals surface area contributed by atoms with Gasteiger partial charge in [-0.05, 0) is 56.9 Å². The highest BCUT2D eigenvalue weighted by atomic mass is 16.6. The third-order valence-corrected chi connectivity index (χ3v) is 3.76. The normalized spacial score (nSPS) is 16.9. The molecule has 1 aliphatic carbocycles. The fourth-order valence-electron chi connectivity index (χ4n) is 2.69. The van der Waals surface area contributed by atoms with E-state index < -0.39 is 5.60 Å². The van der Waals surface area contributed by atoms with Gasteiger partial charge in [0.15, 0.2) is 0 Å². The van der Waals surface area contributed by atoms with Crippen LogP contribution in [0, 0.1) is 0 Å². The molecule has 1 aliphatic rings. The summed E-state index contributed by atoms with van der Waals surface area (Å²) in [6, 6.07) is 5.44. The summed E-state index contributed by atoms with van der Waals surface area (Å²) in [7, 11) is 3.10. The van der Waals surface area contributed by atoms with Crippen LogP contribution < -0.4 is 0 Å². The van der Waals surface area contributed by atoms with Crippen LogP contribution in [0.5, 0.6) is 0 Å². The standard InChI is InChI=1S/C17H23NO4/c1-17(2,3)22-16(20)18(4)14-9-8-11-6-7-12(10-13(11)14)15(19)21-5/h6-7,10,14H,8-9H2,1-5H3/t14-/m0/s1. The monoisotopic (exact) mass is 305 g/mol. The fourth-order valence-corrected chi connectivity index (χ4v) is 2.69. The summed E-state index contributed by atoms with van der Waals surface area (Å²) < 4.78 is 10.2. The van der Waals surface area contributed by atoms with Crippen LogP contribution >= 0.6 is 0 Å². The zero-order valence-corrected chi connectivity index (χ0v) is 13.8. The molecule has 5 nitrogen and oxygen atoms in total. The average molecular weight is 305 g/mol. The first-order chi connectivity index (χ1) is 10.2. The van der Waals surface area contributed by atoms with Crippen molar-refractivity contribution >= 4 is 12.1 Å². The molecule has 2 rings (SSSR count). The number of benzene rings is 1. The van der Waals surface area contributed by atoms with Gasteiger partial charge in [0.25, 0.3) is 0 Å². The topological polar surface area (TPSA) is 55.8 Å². The van der Waals surface area contributed by atoms with Crippen molar-refractivity contribution in [2.24, 2.45) is 0 Å². The smallest absolute Gasteiger partial charge is 0.410 e. The summed E-state index contributed by atoms with van der Waals surface area (Å²) in [5.74, 6) is -0.367. The fraction of sp³-hybridized carbons (Fsp3) is 0.529. The van der Waals surface area contributed by atoms with E-state index in [9.17, 15) is 9.59 Å². The van der Waals surface area contributed by atoms with Gasteiger partial charge >= 0.3 is 12.1 Å². The largest absolute Gasteiger partial charge is 0.465 e. The molecule has 1 atom stereocenters. The second kappa shape index (κ2) is 5.99. The number of aryl methyl sites for hydroxylation is 1. The zero-order valence-electron chi connectivity index (χ0n) is 13.8. The minimum Gasteiger partial charge on any atom is -0.465 e. The molecule has 0 saturated carbocycles. The van der Waals surface area contributed by atoms with E-state index in [1.165, 1.54) is 7.11 Å². The lowest BCUT2D eigenvalue weighted by Gasteiger charge is -2.29. The number of fused-ring (bicyclic) bond motifs is 1. The first-order valence-corrected chi connectivity index (χ1v) is 7.40. The molecule has 0 bridgehead atoms. The molecule has 0 fully saturated rings. The SMILES string of the molecule is COC(=O)c1ccc2c(c1)[C@@H](N(C)C(=O)OC(C)(C)C)CC2. The number of hydrogen-bond donors (Lipinski definition) is 0. The predicted octanol–water partition coefficient (Wildman–Crippen LogP) is 3.33. The molecular formula is C17H23NO4. The van der Waals surface area contributed by atoms with Crippen molar-refractivity contribution in [2.45, 2.75) is 45.3 Å². The Morgan fingerprint density at radius 2 is 1.95 bits per heavy atom. The Kier molecular flexibility index (Phi) is 4.44. The molecule has 1 aromatic rings. The molecular weight excluding hydrogens is 282 g/mol. The van der Waals surface area contributed by atoms with E-state index in [1.54, 1.807) is 18.0 Å². The number of rotatable bonds is 2. The van der Waals surface area contributed by atoms with E-state index in [-0.39, 0.29) is 18.1 Å². The van der Waals surface area contributed by atoms with Gasteiger partial charge in [-0.2, -0.15) is 0 Å². The lowest BCUT2D eigenvalue weighted by Crippen LogP contribution is -2.36. The van der Waals surface area contributed by atoms with Crippen molar-refractivity contribution < 1.29 is 19.1 Å². The van der Waals surface area contributed by atoms with E-state index >= 15 is 0 Å². The lowest BCUT2D eigenvalue weighted by molar-refractivity contribution is 0.0220. The summed E-state index contributed by atoms with van der Waals surface area (Å²) in [4.78, 5) is 25.5. The van der Waals surface area contributed by atoms with Gasteiger partial charge in [0.05, 0.1) is 18.7 Å². The van der Waals surface area contributed by atoms with E-state index in [1.807, 2.05) is 32.9 Å². The Balaban J connectivity index is 2.23. The molecule has 0 unspecified atom stereocenters. The van der Waals surface area contributed by atoms with Gasteiger partial charge in [-0.1, -0.05) is 6.07 Å². The van der Waals surface area contributed by atoms with Gasteiger partial charge < -0.3 is 14.4 Å². The Morgan fingerprint density at radius 3 is 2.55 bits per heavy atom. The number of nitrogens with zero attached hydrogens (tertiary/aromatic N) is 1. The molecule has 22 heavy (non-hydrogen) atoms. The summed E-state index contributed by atoms with van der Waals surface area (Å²) in [5.41, 5.74) is 2.13. The maximum atomic E-state index is 12.2. The molecule has 0 saturated heterocycles. The predicted molar refractivity (Wildman–Crippen MR) is 82.8 cm³/mol. The van der Waals surface area contributed by atoms with Crippen LogP contribution in [-0.4, -0.2) is 36.7 Å². The lowest BCUT2D eigenvalue weighted by atomic mass is 10.0. The van der Waals surface area contributed by atoms with Gasteiger partial charge in [-0.15, -0.1) is 0 Å². The van der Waals surface area contributed by atoms with Crippen LogP contribution in [0.15, 0.2) is 18.2 Å². The molecule has 0 radical (unpaired) electrons. The summed E-state index contributed by atoms with van der Waals surface area (Å²) in [6.45, 7) is 5.53. The minimum atomic E-state index is -0.527. The van der Waals surface area contributed by atoms with Crippen molar-refractivity contribution in [3.8, 4) is 0 Å². The molecule has 5 heteroatoms. The van der Waals surface area contributed by atoms with Gasteiger partial charge in [0.2, 0.25) is 0 Å². The summed E-state index contributed by atoms with van der Waals surface area (Å²) in [5, 5.41) is 0. The Bertz CT molecular complexity index is 589. The number of esters is 1. The molecule has 120 valence electrons. The van der Waals surface area contributed by atoms with Gasteiger partial charge in [0.1, 0.15) is 5.60 Å². The van der Waals surface area contributed by atoms with Gasteiger partial charge in [-0.3, -0.25) is 0 Å². The summed E-state index contributed by atoms with van der Waals surface area (Å²) >= 11 is 0. The molecule has 0 spiro atoms. The van der Waals surface area contributed by atoms with Crippen LogP contribution in [0.4, 0.5) is 4.79 Å². The average Bonchev–Trinajstić information content (AvgIpc) is 2.86. The Labute approximate surface area is 131 Å². The highest BCUT2D eigenvalue weighted by Crippen LogP contribution is 2.36. The van der Waals surface area contributed by atoms with Crippen molar-refractivity contribution in [3.05, 3.63) is 34.9 Å². The molecule has 0 N–H and O–H groups in total. The quantitative estimate of drug-likeness (QED) is 0.786. The third-order valence-electron chi connectivity index (χ3n) is 3.76. The highest BCUT2D eigenvalue weighted by molar-refractivity contribution is 5.89. The van der Waals surface area contributed by atoms with Gasteiger partial charge in [-0.25, -0.2) is 9.59 Å². The van der Waals surface area contributed by atoms with Crippen molar-refractivity contribution in [1.29, 1.82) is 0 Å². The number of amides is 1. The Hall–Kier alpha value is -2.04. The maximum Gasteiger partial charge on any atom is 0.410 e. The molecule has 0 heterocycles. The van der Waals surface area contributed by atoms with Crippen LogP contribution in [0.2, 0.25) is 0 Å². The molecule has 0 aliphatic heterocycles. The number of carbonyl (C=O) groups is 2. The number of carbonyl (C=O) groups excluding carboxylic acids is 2. The maximum absolute atomic E-state index is 12.2. The van der Waals surface area contributed by atoms with Crippen LogP contribution in [0.25, 0.3) is 0 Å². The second-order valence-electron chi connectivity index (χ2n) is 6.55. The van der Waals surface area contributed by atoms with Crippen LogP contribution in [0.1, 0.15) is 54.7 Å². The van der Waals surface area contributed by atoms with E-state index in [0.717, 1.165) is 24.0 Å². The number of methoxy groups -OCH3 is 1. The van der Waals surface area contributed by atoms with Crippen molar-refractivity contribution in [1.82, 2.24) is 4.90 Å². The van der Waals surface area contributed by atoms with Gasteiger partial charge in [0, 0.05) is 7.05 Å². The first kappa shape index (κ1) is 16.3. The second-order valence-corrected chi connectivity index (χ2v) is 6.55. The van der Waals surface area contributed by atoms with E-state index in [2.05, 4.69) is 0 Å². The van der Waals surface area contributed by atoms with E-state index in [4.69, 9.17) is 9.47 Å². The highest BCUT2D eigenvalue weighted by Gasteiger charge is 2.31. The Morgan fingerprint density at radius 1 is 1.27 bits per heavy atom. The summed E-state index contributed by atoms with van der Waals surface area (Å²) in [6.07, 6.45) is 1.36. The molecule has 1 aromatic carbocycles. The van der Waals surface area contributed by atoms with Crippen LogP contribution in [-0.2, 0) is 15.9 Å². The molecule has 0 aromatic heterocycles.